The molecule has 0 aliphatic heterocycles. The van der Waals surface area contributed by atoms with Crippen LogP contribution in [-0.2, 0) is 20.7 Å². The SMILES string of the molecule is CC(=O)O[C@@H]1c2ccnc(Cl)c2C[C@H]1C=O. The van der Waals surface area contributed by atoms with Crippen LogP contribution in [0.2, 0.25) is 5.15 Å². The number of aldehydes is 1. The minimum absolute atomic E-state index is 0.361. The van der Waals surface area contributed by atoms with Crippen molar-refractivity contribution < 1.29 is 14.3 Å². The standard InChI is InChI=1S/C11H10ClNO3/c1-6(15)16-10-7(5-14)4-9-8(10)2-3-13-11(9)12/h2-3,5,7,10H,4H2,1H3/t7-,10-/m0/s1. The monoisotopic (exact) mass is 239 g/mol. The molecule has 84 valence electrons. The van der Waals surface area contributed by atoms with Crippen molar-refractivity contribution in [2.24, 2.45) is 5.92 Å². The van der Waals surface area contributed by atoms with E-state index in [4.69, 9.17) is 16.3 Å². The van der Waals surface area contributed by atoms with Crippen molar-refractivity contribution in [3.63, 3.8) is 0 Å². The Kier molecular flexibility index (Phi) is 2.92. The third kappa shape index (κ3) is 1.80. The topological polar surface area (TPSA) is 56.3 Å². The minimum atomic E-state index is -0.523. The molecule has 4 nitrogen and oxygen atoms in total. The van der Waals surface area contributed by atoms with E-state index in [1.165, 1.54) is 6.92 Å². The Hall–Kier alpha value is -1.42. The van der Waals surface area contributed by atoms with Gasteiger partial charge < -0.3 is 9.53 Å². The maximum absolute atomic E-state index is 11.0. The average molecular weight is 240 g/mol. The van der Waals surface area contributed by atoms with E-state index in [1.54, 1.807) is 12.3 Å². The molecule has 0 N–H and O–H groups in total. The molecule has 0 unspecified atom stereocenters. The number of halogens is 1. The summed E-state index contributed by atoms with van der Waals surface area (Å²) >= 11 is 5.93. The Labute approximate surface area is 97.6 Å². The first-order valence-electron chi connectivity index (χ1n) is 4.89. The lowest BCUT2D eigenvalue weighted by Crippen LogP contribution is -2.15. The molecule has 1 aliphatic rings. The van der Waals surface area contributed by atoms with E-state index in [0.717, 1.165) is 17.4 Å². The first-order valence-corrected chi connectivity index (χ1v) is 5.27. The van der Waals surface area contributed by atoms with Crippen molar-refractivity contribution in [2.75, 3.05) is 0 Å². The normalized spacial score (nSPS) is 22.6. The maximum atomic E-state index is 11.0. The molecule has 16 heavy (non-hydrogen) atoms. The Bertz CT molecular complexity index is 447. The number of esters is 1. The molecule has 0 aromatic carbocycles. The second kappa shape index (κ2) is 4.22. The Morgan fingerprint density at radius 3 is 3.06 bits per heavy atom. The van der Waals surface area contributed by atoms with Crippen LogP contribution in [0.25, 0.3) is 0 Å². The van der Waals surface area contributed by atoms with Crippen LogP contribution in [0, 0.1) is 5.92 Å². The molecule has 1 aromatic heterocycles. The van der Waals surface area contributed by atoms with E-state index >= 15 is 0 Å². The summed E-state index contributed by atoms with van der Waals surface area (Å²) in [5, 5.41) is 0.374. The minimum Gasteiger partial charge on any atom is -0.457 e. The quantitative estimate of drug-likeness (QED) is 0.448. The number of pyridine rings is 1. The van der Waals surface area contributed by atoms with Gasteiger partial charge in [-0.2, -0.15) is 0 Å². The highest BCUT2D eigenvalue weighted by Gasteiger charge is 2.36. The lowest BCUT2D eigenvalue weighted by Gasteiger charge is -2.15. The van der Waals surface area contributed by atoms with E-state index in [0.29, 0.717) is 11.6 Å². The summed E-state index contributed by atoms with van der Waals surface area (Å²) in [5.74, 6) is -0.766. The summed E-state index contributed by atoms with van der Waals surface area (Å²) < 4.78 is 5.14. The largest absolute Gasteiger partial charge is 0.457 e. The van der Waals surface area contributed by atoms with Gasteiger partial charge >= 0.3 is 5.97 Å². The third-order valence-corrected chi connectivity index (χ3v) is 2.97. The van der Waals surface area contributed by atoms with Gasteiger partial charge in [0, 0.05) is 18.7 Å². The predicted octanol–water partition coefficient (Wildman–Crippen LogP) is 1.71. The highest BCUT2D eigenvalue weighted by molar-refractivity contribution is 6.30. The Morgan fingerprint density at radius 1 is 1.69 bits per heavy atom. The Balaban J connectivity index is 2.40. The van der Waals surface area contributed by atoms with Gasteiger partial charge in [-0.25, -0.2) is 4.98 Å². The molecule has 1 aliphatic carbocycles. The number of ether oxygens (including phenoxy) is 1. The predicted molar refractivity (Wildman–Crippen MR) is 57.0 cm³/mol. The molecule has 5 heteroatoms. The third-order valence-electron chi connectivity index (χ3n) is 2.64. The number of aromatic nitrogens is 1. The first kappa shape index (κ1) is 11.1. The van der Waals surface area contributed by atoms with Gasteiger partial charge in [0.25, 0.3) is 0 Å². The van der Waals surface area contributed by atoms with Crippen LogP contribution in [0.1, 0.15) is 24.2 Å². The summed E-state index contributed by atoms with van der Waals surface area (Å²) in [6.45, 7) is 1.32. The number of fused-ring (bicyclic) bond motifs is 1. The molecule has 0 saturated heterocycles. The van der Waals surface area contributed by atoms with E-state index in [-0.39, 0.29) is 5.92 Å². The molecule has 0 amide bonds. The van der Waals surface area contributed by atoms with Crippen molar-refractivity contribution in [2.45, 2.75) is 19.4 Å². The average Bonchev–Trinajstić information content (AvgIpc) is 2.58. The second-order valence-corrected chi connectivity index (χ2v) is 4.06. The van der Waals surface area contributed by atoms with Crippen LogP contribution in [0.5, 0.6) is 0 Å². The van der Waals surface area contributed by atoms with E-state index in [9.17, 15) is 9.59 Å². The molecule has 1 aromatic rings. The fourth-order valence-corrected chi connectivity index (χ4v) is 2.21. The van der Waals surface area contributed by atoms with Gasteiger partial charge in [0.05, 0.1) is 5.92 Å². The second-order valence-electron chi connectivity index (χ2n) is 3.70. The number of hydrogen-bond donors (Lipinski definition) is 0. The molecule has 2 rings (SSSR count). The van der Waals surface area contributed by atoms with Gasteiger partial charge in [-0.3, -0.25) is 4.79 Å². The van der Waals surface area contributed by atoms with Gasteiger partial charge in [0.1, 0.15) is 17.5 Å². The van der Waals surface area contributed by atoms with Gasteiger partial charge in [-0.15, -0.1) is 0 Å². The number of hydrogen-bond acceptors (Lipinski definition) is 4. The van der Waals surface area contributed by atoms with Gasteiger partial charge in [-0.1, -0.05) is 11.6 Å². The zero-order valence-corrected chi connectivity index (χ0v) is 9.40. The summed E-state index contributed by atoms with van der Waals surface area (Å²) in [7, 11) is 0. The lowest BCUT2D eigenvalue weighted by atomic mass is 10.1. The van der Waals surface area contributed by atoms with Crippen LogP contribution in [0.15, 0.2) is 12.3 Å². The van der Waals surface area contributed by atoms with Gasteiger partial charge in [0.15, 0.2) is 0 Å². The zero-order valence-electron chi connectivity index (χ0n) is 8.64. The molecule has 0 bridgehead atoms. The molecule has 0 spiro atoms. The zero-order chi connectivity index (χ0) is 11.7. The fourth-order valence-electron chi connectivity index (χ4n) is 1.97. The Morgan fingerprint density at radius 2 is 2.44 bits per heavy atom. The van der Waals surface area contributed by atoms with Crippen molar-refractivity contribution in [1.29, 1.82) is 0 Å². The molecule has 0 radical (unpaired) electrons. The number of carbonyl (C=O) groups is 2. The summed E-state index contributed by atoms with van der Waals surface area (Å²) in [5.41, 5.74) is 1.58. The highest BCUT2D eigenvalue weighted by Crippen LogP contribution is 2.40. The van der Waals surface area contributed by atoms with E-state index in [2.05, 4.69) is 4.98 Å². The fraction of sp³-hybridized carbons (Fsp3) is 0.364. The van der Waals surface area contributed by atoms with Crippen LogP contribution < -0.4 is 0 Å². The molecule has 0 fully saturated rings. The molecule has 2 atom stereocenters. The first-order chi connectivity index (χ1) is 7.63. The van der Waals surface area contributed by atoms with Crippen LogP contribution in [-0.4, -0.2) is 17.2 Å². The van der Waals surface area contributed by atoms with Crippen molar-refractivity contribution in [3.8, 4) is 0 Å². The van der Waals surface area contributed by atoms with E-state index < -0.39 is 12.1 Å². The van der Waals surface area contributed by atoms with E-state index in [1.807, 2.05) is 0 Å². The lowest BCUT2D eigenvalue weighted by molar-refractivity contribution is -0.149. The highest BCUT2D eigenvalue weighted by atomic mass is 35.5. The molecular weight excluding hydrogens is 230 g/mol. The van der Waals surface area contributed by atoms with Crippen LogP contribution >= 0.6 is 11.6 Å². The smallest absolute Gasteiger partial charge is 0.303 e. The number of carbonyl (C=O) groups excluding carboxylic acids is 2. The van der Waals surface area contributed by atoms with Crippen molar-refractivity contribution in [3.05, 3.63) is 28.5 Å². The van der Waals surface area contributed by atoms with Gasteiger partial charge in [-0.05, 0) is 18.1 Å². The van der Waals surface area contributed by atoms with Crippen molar-refractivity contribution in [1.82, 2.24) is 4.98 Å². The summed E-state index contributed by atoms with van der Waals surface area (Å²) in [6.07, 6.45) is 2.30. The molecule has 0 saturated carbocycles. The maximum Gasteiger partial charge on any atom is 0.303 e. The molecule has 1 heterocycles. The summed E-state index contributed by atoms with van der Waals surface area (Å²) in [4.78, 5) is 25.8. The van der Waals surface area contributed by atoms with Crippen LogP contribution in [0.4, 0.5) is 0 Å². The number of nitrogens with zero attached hydrogens (tertiary/aromatic N) is 1. The van der Waals surface area contributed by atoms with Gasteiger partial charge in [0.2, 0.25) is 0 Å². The van der Waals surface area contributed by atoms with Crippen LogP contribution in [0.3, 0.4) is 0 Å². The molecular formula is C11H10ClNO3. The van der Waals surface area contributed by atoms with Crippen molar-refractivity contribution >= 4 is 23.9 Å². The number of rotatable bonds is 2. The summed E-state index contributed by atoms with van der Waals surface area (Å²) in [6, 6.07) is 1.73.